The van der Waals surface area contributed by atoms with Crippen LogP contribution in [-0.2, 0) is 4.74 Å². The molecule has 0 bridgehead atoms. The third kappa shape index (κ3) is 1.63. The molecule has 1 aromatic heterocycles. The van der Waals surface area contributed by atoms with Crippen molar-refractivity contribution in [1.82, 2.24) is 9.97 Å². The summed E-state index contributed by atoms with van der Waals surface area (Å²) in [7, 11) is 0. The second kappa shape index (κ2) is 4.05. The normalized spacial score (nSPS) is 19.7. The first-order valence-corrected chi connectivity index (χ1v) is 6.14. The lowest BCUT2D eigenvalue weighted by molar-refractivity contribution is -0.121. The lowest BCUT2D eigenvalue weighted by atomic mass is 9.75. The van der Waals surface area contributed by atoms with Crippen molar-refractivity contribution in [2.24, 2.45) is 16.9 Å². The van der Waals surface area contributed by atoms with Crippen molar-refractivity contribution in [3.63, 3.8) is 0 Å². The minimum absolute atomic E-state index is 0.0933. The molecule has 96 valence electrons. The average Bonchev–Trinajstić information content (AvgIpc) is 2.67. The van der Waals surface area contributed by atoms with Gasteiger partial charge in [-0.25, -0.2) is 4.98 Å². The standard InChI is InChI=1S/C13H18N4O/c1-8-16-10-3-2-9(4-11(10)17-8)12(15)13(5-14)6-18-7-13/h2-4,12H,5-7,14-15H2,1H3,(H,16,17). The van der Waals surface area contributed by atoms with E-state index < -0.39 is 0 Å². The van der Waals surface area contributed by atoms with E-state index in [1.807, 2.05) is 19.1 Å². The Hall–Kier alpha value is -1.43. The van der Waals surface area contributed by atoms with Gasteiger partial charge in [0, 0.05) is 18.0 Å². The fourth-order valence-corrected chi connectivity index (χ4v) is 2.49. The van der Waals surface area contributed by atoms with Crippen molar-refractivity contribution < 1.29 is 4.74 Å². The van der Waals surface area contributed by atoms with Crippen LogP contribution in [0.25, 0.3) is 11.0 Å². The number of imidazole rings is 1. The van der Waals surface area contributed by atoms with Gasteiger partial charge in [0.1, 0.15) is 5.82 Å². The first-order valence-electron chi connectivity index (χ1n) is 6.14. The van der Waals surface area contributed by atoms with E-state index in [9.17, 15) is 0 Å². The Labute approximate surface area is 106 Å². The summed E-state index contributed by atoms with van der Waals surface area (Å²) in [6.45, 7) is 3.78. The Morgan fingerprint density at radius 2 is 2.28 bits per heavy atom. The molecular weight excluding hydrogens is 228 g/mol. The maximum atomic E-state index is 6.35. The van der Waals surface area contributed by atoms with Crippen molar-refractivity contribution in [2.75, 3.05) is 19.8 Å². The number of aryl methyl sites for hydroxylation is 1. The quantitative estimate of drug-likeness (QED) is 0.748. The van der Waals surface area contributed by atoms with E-state index in [0.717, 1.165) is 22.4 Å². The first kappa shape index (κ1) is 11.6. The summed E-state index contributed by atoms with van der Waals surface area (Å²) >= 11 is 0. The highest BCUT2D eigenvalue weighted by molar-refractivity contribution is 5.76. The number of H-pyrrole nitrogens is 1. The molecule has 5 nitrogen and oxygen atoms in total. The van der Waals surface area contributed by atoms with Gasteiger partial charge in [0.2, 0.25) is 0 Å². The zero-order valence-corrected chi connectivity index (χ0v) is 10.4. The van der Waals surface area contributed by atoms with Crippen molar-refractivity contribution in [1.29, 1.82) is 0 Å². The summed E-state index contributed by atoms with van der Waals surface area (Å²) in [6, 6.07) is 6.00. The molecule has 5 N–H and O–H groups in total. The summed E-state index contributed by atoms with van der Waals surface area (Å²) in [5, 5.41) is 0. The number of aromatic amines is 1. The third-order valence-electron chi connectivity index (χ3n) is 3.83. The average molecular weight is 246 g/mol. The monoisotopic (exact) mass is 246 g/mol. The lowest BCUT2D eigenvalue weighted by Gasteiger charge is -2.45. The molecule has 1 saturated heterocycles. The van der Waals surface area contributed by atoms with Gasteiger partial charge >= 0.3 is 0 Å². The minimum atomic E-state index is -0.108. The number of nitrogens with zero attached hydrogens (tertiary/aromatic N) is 1. The number of hydrogen-bond acceptors (Lipinski definition) is 4. The number of hydrogen-bond donors (Lipinski definition) is 3. The molecule has 18 heavy (non-hydrogen) atoms. The van der Waals surface area contributed by atoms with Gasteiger partial charge in [0.15, 0.2) is 0 Å². The van der Waals surface area contributed by atoms with Crippen LogP contribution in [0.1, 0.15) is 17.4 Å². The van der Waals surface area contributed by atoms with Crippen LogP contribution in [-0.4, -0.2) is 29.7 Å². The molecule has 2 heterocycles. The number of rotatable bonds is 3. The van der Waals surface area contributed by atoms with E-state index in [0.29, 0.717) is 19.8 Å². The van der Waals surface area contributed by atoms with Gasteiger partial charge in [-0.3, -0.25) is 0 Å². The number of aromatic nitrogens is 2. The summed E-state index contributed by atoms with van der Waals surface area (Å²) < 4.78 is 5.28. The fourth-order valence-electron chi connectivity index (χ4n) is 2.49. The Morgan fingerprint density at radius 3 is 2.89 bits per heavy atom. The van der Waals surface area contributed by atoms with Crippen molar-refractivity contribution in [3.05, 3.63) is 29.6 Å². The Kier molecular flexibility index (Phi) is 2.62. The third-order valence-corrected chi connectivity index (χ3v) is 3.83. The zero-order valence-electron chi connectivity index (χ0n) is 10.4. The van der Waals surface area contributed by atoms with E-state index >= 15 is 0 Å². The molecule has 2 aromatic rings. The summed E-state index contributed by atoms with van der Waals surface area (Å²) in [5.41, 5.74) is 15.2. The van der Waals surface area contributed by atoms with Gasteiger partial charge in [-0.05, 0) is 24.6 Å². The number of ether oxygens (including phenoxy) is 1. The molecule has 1 aromatic carbocycles. The highest BCUT2D eigenvalue weighted by atomic mass is 16.5. The highest BCUT2D eigenvalue weighted by Gasteiger charge is 2.43. The molecule has 0 saturated carbocycles. The van der Waals surface area contributed by atoms with E-state index in [1.165, 1.54) is 0 Å². The van der Waals surface area contributed by atoms with E-state index in [-0.39, 0.29) is 11.5 Å². The summed E-state index contributed by atoms with van der Waals surface area (Å²) in [5.74, 6) is 0.913. The maximum absolute atomic E-state index is 6.35. The van der Waals surface area contributed by atoms with Crippen LogP contribution in [0.4, 0.5) is 0 Å². The molecule has 3 rings (SSSR count). The molecule has 0 amide bonds. The second-order valence-electron chi connectivity index (χ2n) is 5.14. The van der Waals surface area contributed by atoms with Gasteiger partial charge in [-0.2, -0.15) is 0 Å². The van der Waals surface area contributed by atoms with Gasteiger partial charge in [-0.1, -0.05) is 6.07 Å². The molecule has 1 atom stereocenters. The second-order valence-corrected chi connectivity index (χ2v) is 5.14. The molecule has 0 radical (unpaired) electrons. The smallest absolute Gasteiger partial charge is 0.104 e. The van der Waals surface area contributed by atoms with Crippen LogP contribution >= 0.6 is 0 Å². The van der Waals surface area contributed by atoms with Gasteiger partial charge < -0.3 is 21.2 Å². The first-order chi connectivity index (χ1) is 8.64. The van der Waals surface area contributed by atoms with Crippen LogP contribution < -0.4 is 11.5 Å². The predicted octanol–water partition coefficient (Wildman–Crippen LogP) is 0.846. The molecule has 5 heteroatoms. The van der Waals surface area contributed by atoms with Crippen molar-refractivity contribution in [2.45, 2.75) is 13.0 Å². The SMILES string of the molecule is Cc1nc2ccc(C(N)C3(CN)COC3)cc2[nH]1. The number of nitrogens with one attached hydrogen (secondary N) is 1. The number of fused-ring (bicyclic) bond motifs is 1. The van der Waals surface area contributed by atoms with Crippen LogP contribution in [0.2, 0.25) is 0 Å². The van der Waals surface area contributed by atoms with Crippen LogP contribution in [0.5, 0.6) is 0 Å². The maximum Gasteiger partial charge on any atom is 0.104 e. The lowest BCUT2D eigenvalue weighted by Crippen LogP contribution is -2.54. The molecule has 0 spiro atoms. The van der Waals surface area contributed by atoms with Gasteiger partial charge in [0.25, 0.3) is 0 Å². The van der Waals surface area contributed by atoms with Gasteiger partial charge in [0.05, 0.1) is 24.2 Å². The molecule has 1 aliphatic rings. The number of benzene rings is 1. The molecule has 0 aliphatic carbocycles. The van der Waals surface area contributed by atoms with Crippen molar-refractivity contribution in [3.8, 4) is 0 Å². The largest absolute Gasteiger partial charge is 0.380 e. The molecule has 1 unspecified atom stereocenters. The Morgan fingerprint density at radius 1 is 1.50 bits per heavy atom. The van der Waals surface area contributed by atoms with Crippen LogP contribution in [0, 0.1) is 12.3 Å². The Balaban J connectivity index is 1.98. The van der Waals surface area contributed by atoms with Crippen LogP contribution in [0.15, 0.2) is 18.2 Å². The van der Waals surface area contributed by atoms with E-state index in [1.54, 1.807) is 0 Å². The van der Waals surface area contributed by atoms with E-state index in [4.69, 9.17) is 16.2 Å². The van der Waals surface area contributed by atoms with Crippen molar-refractivity contribution >= 4 is 11.0 Å². The number of nitrogens with two attached hydrogens (primary N) is 2. The topological polar surface area (TPSA) is 89.9 Å². The molecular formula is C13H18N4O. The Bertz CT molecular complexity index is 568. The zero-order chi connectivity index (χ0) is 12.8. The minimum Gasteiger partial charge on any atom is -0.380 e. The van der Waals surface area contributed by atoms with E-state index in [2.05, 4.69) is 16.0 Å². The van der Waals surface area contributed by atoms with Crippen LogP contribution in [0.3, 0.4) is 0 Å². The highest BCUT2D eigenvalue weighted by Crippen LogP contribution is 2.38. The molecule has 1 fully saturated rings. The molecule has 1 aliphatic heterocycles. The van der Waals surface area contributed by atoms with Gasteiger partial charge in [-0.15, -0.1) is 0 Å². The predicted molar refractivity (Wildman–Crippen MR) is 70.1 cm³/mol. The fraction of sp³-hybridized carbons (Fsp3) is 0.462. The summed E-state index contributed by atoms with van der Waals surface area (Å²) in [4.78, 5) is 7.61. The summed E-state index contributed by atoms with van der Waals surface area (Å²) in [6.07, 6.45) is 0.